The maximum Gasteiger partial charge on any atom is 0.407 e. The number of hydrogen-bond donors (Lipinski definition) is 3. The minimum atomic E-state index is -3.93. The second-order valence-corrected chi connectivity index (χ2v) is 21.6. The number of cyclic esters (lactones) is 1. The van der Waals surface area contributed by atoms with Gasteiger partial charge in [0.05, 0.1) is 41.7 Å². The number of rotatable bonds is 11. The highest BCUT2D eigenvalue weighted by Crippen LogP contribution is 2.46. The Labute approximate surface area is 372 Å². The molecule has 340 valence electrons. The summed E-state index contributed by atoms with van der Waals surface area (Å²) >= 11 is 1.52. The molecule has 1 unspecified atom stereocenters. The van der Waals surface area contributed by atoms with E-state index in [1.54, 1.807) is 13.2 Å². The van der Waals surface area contributed by atoms with Gasteiger partial charge in [-0.3, -0.25) is 19.1 Å². The largest absolute Gasteiger partial charge is 0.496 e. The van der Waals surface area contributed by atoms with Crippen molar-refractivity contribution in [2.45, 2.75) is 133 Å². The normalized spacial score (nSPS) is 26.7. The molecular formula is C45H58N6O10S2. The highest BCUT2D eigenvalue weighted by Gasteiger charge is 2.62. The van der Waals surface area contributed by atoms with Gasteiger partial charge in [-0.1, -0.05) is 39.2 Å². The standard InChI is InChI=1S/C45H58N6O10S2/c1-6-29-21-45(29,42(54)50-63(56,57)32-14-15-32)49-40(52)35-18-31-22-51(35)41(53)39(27-11-8-7-9-12-27)48-43(55)60-25-44(3,4)16-10-13-28-17-33-34(19-36(28)58-5)47-38(20-37(33)61-31)59-23-30-24-62-26(2)46-30/h6,17,19-20,24,27,29,31-32,35,39H,1,7-16,18,21-23,25H2,2-5H3,(H,48,55)(H,49,52)(H,50,54)/t29-,31-,35+,39+,45?/m1/s1. The highest BCUT2D eigenvalue weighted by molar-refractivity contribution is 7.91. The minimum Gasteiger partial charge on any atom is -0.496 e. The molecule has 8 rings (SSSR count). The van der Waals surface area contributed by atoms with Crippen LogP contribution in [-0.2, 0) is 42.2 Å². The van der Waals surface area contributed by atoms with Gasteiger partial charge in [-0.05, 0) is 81.3 Å². The molecule has 2 aliphatic heterocycles. The molecule has 4 fully saturated rings. The van der Waals surface area contributed by atoms with E-state index >= 15 is 4.79 Å². The van der Waals surface area contributed by atoms with Crippen LogP contribution in [0.2, 0.25) is 0 Å². The van der Waals surface area contributed by atoms with Gasteiger partial charge in [0.2, 0.25) is 27.7 Å². The lowest BCUT2D eigenvalue weighted by Crippen LogP contribution is -2.59. The SMILES string of the molecule is C=C[C@@H]1CC1(NC(=O)[C@@H]1C[C@@H]2CN1C(=O)[C@H](C1CCCCC1)NC(=O)OCC(C)(C)CCCc1cc3c(cc(OCc4csc(C)n4)nc3cc1OC)O2)C(=O)NS(=O)(=O)C1CC1. The first-order valence-corrected chi connectivity index (χ1v) is 24.5. The first kappa shape index (κ1) is 44.6. The molecule has 4 amide bonds. The van der Waals surface area contributed by atoms with Gasteiger partial charge in [0.25, 0.3) is 5.91 Å². The number of alkyl carbamates (subject to hydrolysis) is 1. The van der Waals surface area contributed by atoms with Gasteiger partial charge < -0.3 is 34.5 Å². The molecule has 3 aliphatic carbocycles. The fourth-order valence-corrected chi connectivity index (χ4v) is 11.2. The first-order chi connectivity index (χ1) is 30.1. The van der Waals surface area contributed by atoms with Crippen LogP contribution in [0.1, 0.15) is 101 Å². The quantitative estimate of drug-likeness (QED) is 0.200. The van der Waals surface area contributed by atoms with Gasteiger partial charge in [-0.2, -0.15) is 0 Å². The fraction of sp³-hybridized carbons (Fsp3) is 0.600. The Hall–Kier alpha value is -4.97. The average Bonchev–Trinajstić information content (AvgIpc) is 4.16. The Balaban J connectivity index is 1.17. The van der Waals surface area contributed by atoms with Crippen LogP contribution >= 0.6 is 11.3 Å². The molecule has 3 saturated carbocycles. The lowest BCUT2D eigenvalue weighted by Gasteiger charge is -2.35. The number of carbonyl (C=O) groups excluding carboxylic acids is 4. The molecule has 3 aromatic rings. The number of fused-ring (bicyclic) bond motifs is 3. The molecule has 1 saturated heterocycles. The molecule has 4 heterocycles. The summed E-state index contributed by atoms with van der Waals surface area (Å²) < 4.78 is 52.7. The first-order valence-electron chi connectivity index (χ1n) is 22.0. The molecule has 4 bridgehead atoms. The van der Waals surface area contributed by atoms with Gasteiger partial charge in [-0.15, -0.1) is 17.9 Å². The zero-order valence-electron chi connectivity index (χ0n) is 36.4. The molecule has 3 N–H and O–H groups in total. The average molecular weight is 907 g/mol. The van der Waals surface area contributed by atoms with Crippen LogP contribution in [0, 0.1) is 24.2 Å². The summed E-state index contributed by atoms with van der Waals surface area (Å²) in [5.41, 5.74) is 0.257. The third-order valence-corrected chi connectivity index (χ3v) is 15.8. The fourth-order valence-electron chi connectivity index (χ4n) is 9.28. The lowest BCUT2D eigenvalue weighted by atomic mass is 9.83. The van der Waals surface area contributed by atoms with Crippen molar-refractivity contribution in [1.82, 2.24) is 30.2 Å². The molecular weight excluding hydrogens is 849 g/mol. The number of aryl methyl sites for hydroxylation is 2. The molecule has 0 spiro atoms. The highest BCUT2D eigenvalue weighted by atomic mass is 32.2. The van der Waals surface area contributed by atoms with Gasteiger partial charge in [0.15, 0.2) is 0 Å². The summed E-state index contributed by atoms with van der Waals surface area (Å²) in [4.78, 5) is 67.9. The van der Waals surface area contributed by atoms with E-state index in [1.165, 1.54) is 22.3 Å². The maximum absolute atomic E-state index is 15.1. The predicted molar refractivity (Wildman–Crippen MR) is 235 cm³/mol. The van der Waals surface area contributed by atoms with Gasteiger partial charge >= 0.3 is 6.09 Å². The molecule has 0 radical (unpaired) electrons. The topological polar surface area (TPSA) is 204 Å². The van der Waals surface area contributed by atoms with Crippen LogP contribution in [-0.4, -0.2) is 96.3 Å². The lowest BCUT2D eigenvalue weighted by molar-refractivity contribution is -0.142. The van der Waals surface area contributed by atoms with Crippen LogP contribution in [0.4, 0.5) is 4.79 Å². The number of aromatic nitrogens is 2. The van der Waals surface area contributed by atoms with E-state index in [2.05, 4.69) is 26.9 Å². The molecule has 16 nitrogen and oxygen atoms in total. The number of benzene rings is 1. The summed E-state index contributed by atoms with van der Waals surface area (Å²) in [6.45, 7) is 10.1. The molecule has 1 aromatic carbocycles. The third kappa shape index (κ3) is 9.91. The summed E-state index contributed by atoms with van der Waals surface area (Å²) in [6.07, 6.45) is 7.43. The maximum atomic E-state index is 15.1. The van der Waals surface area contributed by atoms with Gasteiger partial charge in [-0.25, -0.2) is 23.2 Å². The number of sulfonamides is 1. The van der Waals surface area contributed by atoms with Crippen LogP contribution in [0.25, 0.3) is 10.9 Å². The number of ether oxygens (including phenoxy) is 4. The van der Waals surface area contributed by atoms with Crippen LogP contribution in [0.3, 0.4) is 0 Å². The van der Waals surface area contributed by atoms with Crippen molar-refractivity contribution in [3.63, 3.8) is 0 Å². The van der Waals surface area contributed by atoms with Crippen molar-refractivity contribution < 1.29 is 46.5 Å². The van der Waals surface area contributed by atoms with Crippen molar-refractivity contribution in [2.24, 2.45) is 17.3 Å². The van der Waals surface area contributed by atoms with Crippen molar-refractivity contribution >= 4 is 56.1 Å². The predicted octanol–water partition coefficient (Wildman–Crippen LogP) is 5.64. The molecule has 5 aliphatic rings. The van der Waals surface area contributed by atoms with Crippen LogP contribution in [0.15, 0.2) is 36.2 Å². The molecule has 63 heavy (non-hydrogen) atoms. The molecule has 2 aromatic heterocycles. The van der Waals surface area contributed by atoms with Crippen molar-refractivity contribution in [3.8, 4) is 17.4 Å². The third-order valence-electron chi connectivity index (χ3n) is 13.1. The van der Waals surface area contributed by atoms with E-state index in [-0.39, 0.29) is 44.4 Å². The monoisotopic (exact) mass is 906 g/mol. The molecule has 18 heteroatoms. The second kappa shape index (κ2) is 17.9. The number of methoxy groups -OCH3 is 1. The van der Waals surface area contributed by atoms with E-state index in [0.717, 1.165) is 48.4 Å². The van der Waals surface area contributed by atoms with E-state index in [0.29, 0.717) is 54.5 Å². The van der Waals surface area contributed by atoms with E-state index in [9.17, 15) is 22.8 Å². The van der Waals surface area contributed by atoms with E-state index in [1.807, 2.05) is 38.3 Å². The number of pyridine rings is 1. The number of carbonyl (C=O) groups is 4. The van der Waals surface area contributed by atoms with Gasteiger partial charge in [0, 0.05) is 35.2 Å². The zero-order chi connectivity index (χ0) is 44.7. The Kier molecular flexibility index (Phi) is 12.7. The number of thiazole rings is 1. The Bertz CT molecular complexity index is 2380. The number of hydrogen-bond acceptors (Lipinski definition) is 13. The zero-order valence-corrected chi connectivity index (χ0v) is 38.0. The summed E-state index contributed by atoms with van der Waals surface area (Å²) in [5.74, 6) is -1.36. The summed E-state index contributed by atoms with van der Waals surface area (Å²) in [7, 11) is -2.32. The summed E-state index contributed by atoms with van der Waals surface area (Å²) in [5, 5.41) is 8.64. The minimum absolute atomic E-state index is 0.0194. The van der Waals surface area contributed by atoms with Crippen molar-refractivity contribution in [3.05, 3.63) is 52.5 Å². The van der Waals surface area contributed by atoms with E-state index < -0.39 is 74.1 Å². The number of nitrogens with zero attached hydrogens (tertiary/aromatic N) is 3. The number of nitrogens with one attached hydrogen (secondary N) is 3. The van der Waals surface area contributed by atoms with E-state index in [4.69, 9.17) is 23.9 Å². The van der Waals surface area contributed by atoms with Crippen LogP contribution < -0.4 is 29.6 Å². The van der Waals surface area contributed by atoms with Crippen LogP contribution in [0.5, 0.6) is 17.4 Å². The second-order valence-electron chi connectivity index (χ2n) is 18.6. The van der Waals surface area contributed by atoms with Crippen molar-refractivity contribution in [1.29, 1.82) is 0 Å². The van der Waals surface area contributed by atoms with Crippen molar-refractivity contribution in [2.75, 3.05) is 20.3 Å². The molecule has 5 atom stereocenters. The Morgan fingerprint density at radius 2 is 1.87 bits per heavy atom. The van der Waals surface area contributed by atoms with Gasteiger partial charge in [0.1, 0.15) is 41.8 Å². The smallest absolute Gasteiger partial charge is 0.407 e. The Morgan fingerprint density at radius 3 is 2.56 bits per heavy atom. The number of amides is 4. The Morgan fingerprint density at radius 1 is 1.10 bits per heavy atom. The summed E-state index contributed by atoms with van der Waals surface area (Å²) in [6, 6.07) is 3.40.